The fourth-order valence-electron chi connectivity index (χ4n) is 1.61. The van der Waals surface area contributed by atoms with E-state index in [0.29, 0.717) is 16.6 Å². The number of rotatable bonds is 2. The van der Waals surface area contributed by atoms with Gasteiger partial charge in [-0.25, -0.2) is 9.79 Å². The number of aromatic amines is 1. The van der Waals surface area contributed by atoms with E-state index in [2.05, 4.69) is 24.9 Å². The first kappa shape index (κ1) is 13.3. The number of carbonyl (C=O) groups is 1. The molecule has 2 aromatic rings. The molecule has 0 radical (unpaired) electrons. The normalized spacial score (nSPS) is 11.3. The van der Waals surface area contributed by atoms with E-state index in [1.807, 2.05) is 0 Å². The molecule has 1 aromatic carbocycles. The van der Waals surface area contributed by atoms with Gasteiger partial charge in [-0.1, -0.05) is 0 Å². The van der Waals surface area contributed by atoms with Crippen LogP contribution in [0.2, 0.25) is 0 Å². The Morgan fingerprint density at radius 3 is 2.75 bits per heavy atom. The van der Waals surface area contributed by atoms with Crippen molar-refractivity contribution in [1.29, 1.82) is 0 Å². The maximum atomic E-state index is 11.5. The van der Waals surface area contributed by atoms with Crippen LogP contribution in [-0.4, -0.2) is 35.2 Å². The van der Waals surface area contributed by atoms with Gasteiger partial charge in [0.1, 0.15) is 0 Å². The predicted molar refractivity (Wildman–Crippen MR) is 74.5 cm³/mol. The Hall–Kier alpha value is -3.10. The van der Waals surface area contributed by atoms with Crippen molar-refractivity contribution in [1.82, 2.24) is 10.2 Å². The number of nitrogens with two attached hydrogens (primary N) is 3. The molecule has 0 spiro atoms. The minimum Gasteiger partial charge on any atom is -0.464 e. The molecule has 0 atom stereocenters. The molecule has 9 nitrogen and oxygen atoms in total. The van der Waals surface area contributed by atoms with Crippen LogP contribution in [0.25, 0.3) is 10.9 Å². The number of nitrogens with zero attached hydrogens (tertiary/aromatic N) is 3. The lowest BCUT2D eigenvalue weighted by atomic mass is 10.2. The van der Waals surface area contributed by atoms with E-state index >= 15 is 0 Å². The summed E-state index contributed by atoms with van der Waals surface area (Å²) in [5.74, 6) is -0.826. The van der Waals surface area contributed by atoms with Crippen molar-refractivity contribution in [3.05, 3.63) is 23.9 Å². The van der Waals surface area contributed by atoms with Crippen molar-refractivity contribution in [2.75, 3.05) is 7.11 Å². The second kappa shape index (κ2) is 5.26. The molecule has 9 heteroatoms. The fraction of sp³-hybridized carbons (Fsp3) is 0.0909. The summed E-state index contributed by atoms with van der Waals surface area (Å²) in [6.07, 6.45) is 0. The second-order valence-electron chi connectivity index (χ2n) is 3.80. The summed E-state index contributed by atoms with van der Waals surface area (Å²) < 4.78 is 4.64. The standard InChI is InChI=1S/C11H13N7O2/c1-20-9(19)8-6-4-5(2-3-7(6)17-18-8)15-11(14)16-10(12)13/h2-4H,1H3,(H,17,18)(H6,12,13,14,15,16). The van der Waals surface area contributed by atoms with Crippen molar-refractivity contribution in [2.45, 2.75) is 0 Å². The van der Waals surface area contributed by atoms with Crippen LogP contribution in [0, 0.1) is 0 Å². The van der Waals surface area contributed by atoms with Crippen LogP contribution in [0.5, 0.6) is 0 Å². The highest BCUT2D eigenvalue weighted by Crippen LogP contribution is 2.23. The molecule has 1 aromatic heterocycles. The van der Waals surface area contributed by atoms with Crippen LogP contribution in [0.15, 0.2) is 28.2 Å². The molecule has 0 saturated carbocycles. The van der Waals surface area contributed by atoms with E-state index < -0.39 is 5.97 Å². The van der Waals surface area contributed by atoms with Crippen molar-refractivity contribution < 1.29 is 9.53 Å². The Morgan fingerprint density at radius 1 is 1.35 bits per heavy atom. The van der Waals surface area contributed by atoms with Gasteiger partial charge in [0, 0.05) is 5.39 Å². The Balaban J connectivity index is 2.47. The molecule has 0 amide bonds. The fourth-order valence-corrected chi connectivity index (χ4v) is 1.61. The third-order valence-electron chi connectivity index (χ3n) is 2.41. The minimum atomic E-state index is -0.547. The van der Waals surface area contributed by atoms with E-state index in [4.69, 9.17) is 17.2 Å². The van der Waals surface area contributed by atoms with E-state index in [0.717, 1.165) is 0 Å². The molecular weight excluding hydrogens is 262 g/mol. The van der Waals surface area contributed by atoms with Crippen LogP contribution >= 0.6 is 0 Å². The largest absolute Gasteiger partial charge is 0.464 e. The van der Waals surface area contributed by atoms with Crippen LogP contribution in [0.3, 0.4) is 0 Å². The molecule has 104 valence electrons. The van der Waals surface area contributed by atoms with E-state index in [9.17, 15) is 4.79 Å². The SMILES string of the molecule is COC(=O)c1n[nH]c2ccc(N=C(N)N=C(N)N)cc12. The summed E-state index contributed by atoms with van der Waals surface area (Å²) in [7, 11) is 1.28. The molecule has 0 saturated heterocycles. The number of nitrogens with one attached hydrogen (secondary N) is 1. The van der Waals surface area contributed by atoms with Crippen molar-refractivity contribution in [2.24, 2.45) is 27.2 Å². The summed E-state index contributed by atoms with van der Waals surface area (Å²) in [4.78, 5) is 19.2. The highest BCUT2D eigenvalue weighted by molar-refractivity contribution is 6.03. The van der Waals surface area contributed by atoms with Crippen LogP contribution in [0.4, 0.5) is 5.69 Å². The van der Waals surface area contributed by atoms with Gasteiger partial charge in [0.2, 0.25) is 5.96 Å². The topological polar surface area (TPSA) is 158 Å². The summed E-state index contributed by atoms with van der Waals surface area (Å²) >= 11 is 0. The van der Waals surface area contributed by atoms with Crippen molar-refractivity contribution in [3.8, 4) is 0 Å². The molecule has 0 aliphatic heterocycles. The number of carbonyl (C=O) groups excluding carboxylic acids is 1. The third kappa shape index (κ3) is 2.66. The van der Waals surface area contributed by atoms with Gasteiger partial charge in [-0.3, -0.25) is 5.10 Å². The lowest BCUT2D eigenvalue weighted by molar-refractivity contribution is 0.0596. The van der Waals surface area contributed by atoms with Crippen LogP contribution in [-0.2, 0) is 4.74 Å². The number of aromatic nitrogens is 2. The van der Waals surface area contributed by atoms with Gasteiger partial charge in [0.05, 0.1) is 18.3 Å². The molecular formula is C11H13N7O2. The molecule has 1 heterocycles. The number of guanidine groups is 2. The van der Waals surface area contributed by atoms with Gasteiger partial charge >= 0.3 is 5.97 Å². The zero-order valence-corrected chi connectivity index (χ0v) is 10.6. The van der Waals surface area contributed by atoms with Crippen LogP contribution < -0.4 is 17.2 Å². The van der Waals surface area contributed by atoms with Gasteiger partial charge in [-0.05, 0) is 18.2 Å². The maximum Gasteiger partial charge on any atom is 0.359 e. The van der Waals surface area contributed by atoms with Gasteiger partial charge in [-0.2, -0.15) is 10.1 Å². The molecule has 0 unspecified atom stereocenters. The number of hydrogen-bond acceptors (Lipinski definition) is 4. The van der Waals surface area contributed by atoms with E-state index in [1.54, 1.807) is 18.2 Å². The Labute approximate surface area is 113 Å². The molecule has 2 rings (SSSR count). The smallest absolute Gasteiger partial charge is 0.359 e. The maximum absolute atomic E-state index is 11.5. The number of benzene rings is 1. The molecule has 0 aliphatic carbocycles. The first-order chi connectivity index (χ1) is 9.51. The highest BCUT2D eigenvalue weighted by atomic mass is 16.5. The molecule has 0 aliphatic rings. The lowest BCUT2D eigenvalue weighted by Crippen LogP contribution is -2.26. The van der Waals surface area contributed by atoms with Crippen molar-refractivity contribution in [3.63, 3.8) is 0 Å². The Bertz CT molecular complexity index is 713. The Kier molecular flexibility index (Phi) is 3.51. The van der Waals surface area contributed by atoms with Gasteiger partial charge < -0.3 is 21.9 Å². The van der Waals surface area contributed by atoms with Gasteiger partial charge in [-0.15, -0.1) is 0 Å². The van der Waals surface area contributed by atoms with Crippen molar-refractivity contribution >= 4 is 34.5 Å². The number of hydrogen-bond donors (Lipinski definition) is 4. The zero-order chi connectivity index (χ0) is 14.7. The zero-order valence-electron chi connectivity index (χ0n) is 10.6. The number of ether oxygens (including phenoxy) is 1. The third-order valence-corrected chi connectivity index (χ3v) is 2.41. The molecule has 0 fully saturated rings. The lowest BCUT2D eigenvalue weighted by Gasteiger charge is -1.98. The average Bonchev–Trinajstić information content (AvgIpc) is 2.79. The summed E-state index contributed by atoms with van der Waals surface area (Å²) in [5.41, 5.74) is 17.2. The number of methoxy groups -OCH3 is 1. The van der Waals surface area contributed by atoms with E-state index in [1.165, 1.54) is 7.11 Å². The summed E-state index contributed by atoms with van der Waals surface area (Å²) in [6.45, 7) is 0. The van der Waals surface area contributed by atoms with Crippen LogP contribution in [0.1, 0.15) is 10.5 Å². The monoisotopic (exact) mass is 275 g/mol. The van der Waals surface area contributed by atoms with Gasteiger partial charge in [0.25, 0.3) is 0 Å². The summed E-state index contributed by atoms with van der Waals surface area (Å²) in [5, 5.41) is 7.17. The quantitative estimate of drug-likeness (QED) is 0.330. The molecule has 7 N–H and O–H groups in total. The minimum absolute atomic E-state index is 0.0903. The Morgan fingerprint density at radius 2 is 2.10 bits per heavy atom. The number of fused-ring (bicyclic) bond motifs is 1. The number of H-pyrrole nitrogens is 1. The molecule has 0 bridgehead atoms. The summed E-state index contributed by atoms with van der Waals surface area (Å²) in [6, 6.07) is 5.01. The average molecular weight is 275 g/mol. The van der Waals surface area contributed by atoms with E-state index in [-0.39, 0.29) is 17.6 Å². The van der Waals surface area contributed by atoms with Gasteiger partial charge in [0.15, 0.2) is 11.7 Å². The second-order valence-corrected chi connectivity index (χ2v) is 3.80. The number of aliphatic imine (C=N–C) groups is 2. The predicted octanol–water partition coefficient (Wildman–Crippen LogP) is -0.431. The highest BCUT2D eigenvalue weighted by Gasteiger charge is 2.14. The number of esters is 1. The first-order valence-electron chi connectivity index (χ1n) is 5.51. The first-order valence-corrected chi connectivity index (χ1v) is 5.51. The molecule has 20 heavy (non-hydrogen) atoms.